The Hall–Kier alpha value is -3.74. The van der Waals surface area contributed by atoms with Gasteiger partial charge in [0.25, 0.3) is 0 Å². The number of carbonyl (C=O) groups excluding carboxylic acids is 2. The van der Waals surface area contributed by atoms with Crippen LogP contribution in [0, 0.1) is 0 Å². The minimum atomic E-state index is -1.06. The number of amides is 3. The van der Waals surface area contributed by atoms with Crippen molar-refractivity contribution in [1.29, 1.82) is 0 Å². The molecule has 0 N–H and O–H groups in total. The molecule has 0 bridgehead atoms. The summed E-state index contributed by atoms with van der Waals surface area (Å²) in [5.74, 6) is 1.06. The summed E-state index contributed by atoms with van der Waals surface area (Å²) in [6.07, 6.45) is 1.78. The fourth-order valence-electron chi connectivity index (χ4n) is 7.15. The first kappa shape index (κ1) is 41.4. The van der Waals surface area contributed by atoms with Crippen LogP contribution in [0.3, 0.4) is 0 Å². The number of benzene rings is 2. The zero-order valence-corrected chi connectivity index (χ0v) is 34.3. The normalized spacial score (nSPS) is 20.6. The molecule has 0 radical (unpaired) electrons. The molecule has 11 nitrogen and oxygen atoms in total. The van der Waals surface area contributed by atoms with E-state index in [4.69, 9.17) is 47.4 Å². The number of piperazine rings is 1. The van der Waals surface area contributed by atoms with Gasteiger partial charge >= 0.3 is 6.03 Å². The van der Waals surface area contributed by atoms with Crippen molar-refractivity contribution >= 4 is 41.0 Å². The van der Waals surface area contributed by atoms with Gasteiger partial charge in [-0.15, -0.1) is 0 Å². The molecule has 54 heavy (non-hydrogen) atoms. The maximum Gasteiger partial charge on any atom is 0.326 e. The Morgan fingerprint density at radius 1 is 0.870 bits per heavy atom. The molecule has 2 aromatic carbocycles. The van der Waals surface area contributed by atoms with Crippen molar-refractivity contribution in [3.63, 3.8) is 0 Å². The molecule has 0 spiro atoms. The largest absolute Gasteiger partial charge is 0.493 e. The van der Waals surface area contributed by atoms with Gasteiger partial charge in [-0.25, -0.2) is 4.79 Å². The molecule has 1 saturated heterocycles. The molecular weight excluding hydrogens is 727 g/mol. The van der Waals surface area contributed by atoms with Gasteiger partial charge in [0.1, 0.15) is 22.7 Å². The van der Waals surface area contributed by atoms with Crippen molar-refractivity contribution in [3.8, 4) is 5.75 Å². The first-order chi connectivity index (χ1) is 25.7. The van der Waals surface area contributed by atoms with E-state index in [1.807, 2.05) is 71.3 Å². The van der Waals surface area contributed by atoms with Crippen LogP contribution in [0.5, 0.6) is 5.75 Å². The summed E-state index contributed by atoms with van der Waals surface area (Å²) in [6.45, 7) is 16.8. The third-order valence-electron chi connectivity index (χ3n) is 10.6. The maximum absolute atomic E-state index is 15.3. The molecule has 0 aliphatic carbocycles. The average Bonchev–Trinajstić information content (AvgIpc) is 3.39. The average molecular weight is 782 g/mol. The van der Waals surface area contributed by atoms with Gasteiger partial charge in [-0.3, -0.25) is 24.6 Å². The second-order valence-corrected chi connectivity index (χ2v) is 16.0. The molecule has 1 aromatic heterocycles. The Bertz CT molecular complexity index is 1780. The molecule has 2 atom stereocenters. The number of ether oxygens (including phenoxy) is 3. The number of carbonyl (C=O) groups is 2. The van der Waals surface area contributed by atoms with Gasteiger partial charge in [0.15, 0.2) is 0 Å². The van der Waals surface area contributed by atoms with E-state index in [-0.39, 0.29) is 23.9 Å². The number of halogens is 2. The van der Waals surface area contributed by atoms with Gasteiger partial charge in [0, 0.05) is 86.9 Å². The molecule has 13 heteroatoms. The van der Waals surface area contributed by atoms with E-state index in [1.54, 1.807) is 25.3 Å². The predicted molar refractivity (Wildman–Crippen MR) is 214 cm³/mol. The van der Waals surface area contributed by atoms with Crippen LogP contribution < -0.4 is 4.74 Å². The van der Waals surface area contributed by atoms with Gasteiger partial charge in [-0.1, -0.05) is 68.2 Å². The second kappa shape index (κ2) is 17.4. The predicted octanol–water partition coefficient (Wildman–Crippen LogP) is 6.84. The van der Waals surface area contributed by atoms with E-state index in [1.165, 1.54) is 0 Å². The van der Waals surface area contributed by atoms with E-state index in [0.717, 1.165) is 16.8 Å². The van der Waals surface area contributed by atoms with Crippen LogP contribution in [0.25, 0.3) is 0 Å². The number of nitrogens with zero attached hydrogens (tertiary/aromatic N) is 6. The van der Waals surface area contributed by atoms with Crippen molar-refractivity contribution < 1.29 is 23.8 Å². The van der Waals surface area contributed by atoms with E-state index < -0.39 is 11.1 Å². The highest BCUT2D eigenvalue weighted by molar-refractivity contribution is 6.30. The highest BCUT2D eigenvalue weighted by atomic mass is 35.5. The van der Waals surface area contributed by atoms with E-state index in [9.17, 15) is 4.79 Å². The fourth-order valence-corrected chi connectivity index (χ4v) is 7.40. The smallest absolute Gasteiger partial charge is 0.326 e. The summed E-state index contributed by atoms with van der Waals surface area (Å²) in [5.41, 5.74) is 0.923. The summed E-state index contributed by atoms with van der Waals surface area (Å²) >= 11 is 12.8. The highest BCUT2D eigenvalue weighted by Crippen LogP contribution is 2.54. The molecule has 3 heterocycles. The van der Waals surface area contributed by atoms with Crippen LogP contribution in [-0.4, -0.2) is 122 Å². The molecular formula is C41H54Cl2N6O5. The van der Waals surface area contributed by atoms with Gasteiger partial charge in [-0.05, 0) is 56.2 Å². The Labute approximate surface area is 330 Å². The number of hydrogen-bond acceptors (Lipinski definition) is 8. The molecule has 2 aliphatic heterocycles. The Morgan fingerprint density at radius 2 is 1.43 bits per heavy atom. The molecule has 2 aliphatic rings. The number of aromatic nitrogens is 1. The maximum atomic E-state index is 15.3. The first-order valence-electron chi connectivity index (χ1n) is 18.5. The quantitative estimate of drug-likeness (QED) is 0.188. The van der Waals surface area contributed by atoms with Crippen LogP contribution in [0.4, 0.5) is 4.79 Å². The van der Waals surface area contributed by atoms with E-state index >= 15 is 4.79 Å². The Balaban J connectivity index is 1.57. The SMILES string of the molecule is CCOc1cc(C(C)(C)C)ncc1C1=N[C@@](C)(c2ccc(Cl)cc2)[C@@](C)(c2ccc(Cl)cc2)N1C(=O)N1CCN(CC(=O)N(CCOC)CCOC)CC1. The lowest BCUT2D eigenvalue weighted by atomic mass is 9.71. The molecule has 292 valence electrons. The zero-order chi connectivity index (χ0) is 39.3. The lowest BCUT2D eigenvalue weighted by Gasteiger charge is -2.47. The number of urea groups is 1. The summed E-state index contributed by atoms with van der Waals surface area (Å²) < 4.78 is 16.8. The molecule has 5 rings (SSSR count). The van der Waals surface area contributed by atoms with Crippen LogP contribution in [0.1, 0.15) is 63.9 Å². The Morgan fingerprint density at radius 3 is 1.94 bits per heavy atom. The van der Waals surface area contributed by atoms with Gasteiger partial charge in [-0.2, -0.15) is 0 Å². The van der Waals surface area contributed by atoms with Crippen molar-refractivity contribution in [2.45, 2.75) is 58.0 Å². The molecule has 3 aromatic rings. The van der Waals surface area contributed by atoms with Crippen molar-refractivity contribution in [1.82, 2.24) is 24.6 Å². The molecule has 0 saturated carbocycles. The number of pyridine rings is 1. The van der Waals surface area contributed by atoms with Crippen LogP contribution in [0.2, 0.25) is 10.0 Å². The third-order valence-corrected chi connectivity index (χ3v) is 11.1. The topological polar surface area (TPSA) is 100 Å². The lowest BCUT2D eigenvalue weighted by molar-refractivity contribution is -0.134. The molecule has 0 unspecified atom stereocenters. The fraction of sp³-hybridized carbons (Fsp3) is 0.512. The first-order valence-corrected chi connectivity index (χ1v) is 19.3. The minimum absolute atomic E-state index is 0.00143. The summed E-state index contributed by atoms with van der Waals surface area (Å²) in [4.78, 5) is 46.6. The summed E-state index contributed by atoms with van der Waals surface area (Å²) in [7, 11) is 3.24. The van der Waals surface area contributed by atoms with Crippen molar-refractivity contribution in [2.24, 2.45) is 4.99 Å². The van der Waals surface area contributed by atoms with Gasteiger partial charge in [0.05, 0.1) is 31.9 Å². The highest BCUT2D eigenvalue weighted by Gasteiger charge is 2.60. The standard InChI is InChI=1S/C41H54Cl2N6O5/c1-9-54-34-26-35(39(2,3)4)44-27-33(34)37-45-40(5,29-10-14-31(42)15-11-29)41(6,30-12-16-32(43)17-13-30)49(37)38(51)48-20-18-46(19-21-48)28-36(50)47(22-24-52-7)23-25-53-8/h10-17,26-27H,9,18-25,28H2,1-8H3/t40-,41+/m0/s1. The summed E-state index contributed by atoms with van der Waals surface area (Å²) in [6, 6.07) is 17.0. The number of aliphatic imine (C=N–C) groups is 1. The van der Waals surface area contributed by atoms with Crippen LogP contribution >= 0.6 is 23.2 Å². The summed E-state index contributed by atoms with van der Waals surface area (Å²) in [5, 5.41) is 1.19. The zero-order valence-electron chi connectivity index (χ0n) is 32.8. The van der Waals surface area contributed by atoms with Crippen LogP contribution in [0.15, 0.2) is 65.8 Å². The monoisotopic (exact) mass is 780 g/mol. The van der Waals surface area contributed by atoms with Crippen molar-refractivity contribution in [2.75, 3.05) is 79.9 Å². The molecule has 1 fully saturated rings. The lowest BCUT2D eigenvalue weighted by Crippen LogP contribution is -2.61. The number of methoxy groups -OCH3 is 2. The van der Waals surface area contributed by atoms with Gasteiger partial charge in [0.2, 0.25) is 5.91 Å². The van der Waals surface area contributed by atoms with Crippen LogP contribution in [-0.2, 0) is 30.8 Å². The van der Waals surface area contributed by atoms with E-state index in [2.05, 4.69) is 39.5 Å². The second-order valence-electron chi connectivity index (χ2n) is 15.1. The molecule has 3 amide bonds. The third kappa shape index (κ3) is 8.55. The number of hydrogen-bond donors (Lipinski definition) is 0. The number of amidine groups is 1. The minimum Gasteiger partial charge on any atom is -0.493 e. The number of rotatable bonds is 13. The Kier molecular flexibility index (Phi) is 13.3. The van der Waals surface area contributed by atoms with E-state index in [0.29, 0.717) is 86.3 Å². The van der Waals surface area contributed by atoms with Gasteiger partial charge < -0.3 is 24.0 Å². The van der Waals surface area contributed by atoms with Crippen molar-refractivity contribution in [3.05, 3.63) is 93.2 Å².